The van der Waals surface area contributed by atoms with E-state index in [0.717, 1.165) is 22.5 Å². The maximum atomic E-state index is 4.85. The highest BCUT2D eigenvalue weighted by Gasteiger charge is 2.40. The summed E-state index contributed by atoms with van der Waals surface area (Å²) < 4.78 is 4.05. The fraction of sp³-hybridized carbons (Fsp3) is 0. The third-order valence-electron chi connectivity index (χ3n) is 13.9. The van der Waals surface area contributed by atoms with Gasteiger partial charge in [-0.2, -0.15) is 10.2 Å². The predicted molar refractivity (Wildman–Crippen MR) is 292 cm³/mol. The van der Waals surface area contributed by atoms with Crippen LogP contribution in [0.3, 0.4) is 0 Å². The van der Waals surface area contributed by atoms with Gasteiger partial charge in [-0.15, -0.1) is 11.3 Å². The molecule has 7 heterocycles. The molecule has 0 N–H and O–H groups in total. The summed E-state index contributed by atoms with van der Waals surface area (Å²) in [5.74, 6) is 0. The molecule has 4 nitrogen and oxygen atoms in total. The lowest BCUT2D eigenvalue weighted by Crippen LogP contribution is -2.58. The Balaban J connectivity index is 0.787. The molecule has 0 radical (unpaired) electrons. The lowest BCUT2D eigenvalue weighted by molar-refractivity contribution is 0.880. The summed E-state index contributed by atoms with van der Waals surface area (Å²) >= 11 is 9.44. The van der Waals surface area contributed by atoms with Crippen LogP contribution in [0.1, 0.15) is 0 Å². The van der Waals surface area contributed by atoms with Gasteiger partial charge in [0, 0.05) is 67.6 Å². The molecule has 15 rings (SSSR count). The molecule has 0 saturated carbocycles. The summed E-state index contributed by atoms with van der Waals surface area (Å²) in [7, 11) is 0. The summed E-state index contributed by atoms with van der Waals surface area (Å²) in [6.45, 7) is 0.238. The smallest absolute Gasteiger partial charge is 0.240 e. The minimum absolute atomic E-state index is 0.119. The Morgan fingerprint density at radius 1 is 0.333 bits per heavy atom. The van der Waals surface area contributed by atoms with Gasteiger partial charge in [0.1, 0.15) is 0 Å². The van der Waals surface area contributed by atoms with Crippen LogP contribution < -0.4 is 32.8 Å². The van der Waals surface area contributed by atoms with Gasteiger partial charge in [-0.05, 0) is 123 Å². The Morgan fingerprint density at radius 2 is 0.768 bits per heavy atom. The van der Waals surface area contributed by atoms with Gasteiger partial charge in [-0.1, -0.05) is 166 Å². The first-order chi connectivity index (χ1) is 34.1. The first-order valence-corrected chi connectivity index (χ1v) is 27.1. The van der Waals surface area contributed by atoms with Crippen molar-refractivity contribution >= 4 is 105 Å². The van der Waals surface area contributed by atoms with E-state index in [9.17, 15) is 0 Å². The van der Waals surface area contributed by atoms with Crippen LogP contribution in [0, 0.1) is 0 Å². The topological polar surface area (TPSA) is 35.6 Å². The molecule has 0 bridgehead atoms. The number of nitrogens with zero attached hydrogens (tertiary/aromatic N) is 4. The predicted octanol–water partition coefficient (Wildman–Crippen LogP) is 11.7. The Hall–Kier alpha value is -6.59. The van der Waals surface area contributed by atoms with E-state index < -0.39 is 0 Å². The summed E-state index contributed by atoms with van der Waals surface area (Å²) in [4.78, 5) is 11.9. The number of hydrogen-bond donors (Lipinski definition) is 0. The van der Waals surface area contributed by atoms with Crippen LogP contribution in [0.15, 0.2) is 245 Å². The molecule has 0 fully saturated rings. The summed E-state index contributed by atoms with van der Waals surface area (Å²) in [6, 6.07) is 65.2. The van der Waals surface area contributed by atoms with Crippen molar-refractivity contribution in [2.45, 2.75) is 39.2 Å². The van der Waals surface area contributed by atoms with Gasteiger partial charge < -0.3 is 0 Å². The van der Waals surface area contributed by atoms with Crippen LogP contribution in [0.2, 0.25) is 0 Å². The van der Waals surface area contributed by atoms with E-state index in [2.05, 4.69) is 194 Å². The largest absolute Gasteiger partial charge is 0.247 e. The molecule has 11 heteroatoms. The Morgan fingerprint density at radius 3 is 1.26 bits per heavy atom. The number of aromatic nitrogens is 4. The van der Waals surface area contributed by atoms with Crippen LogP contribution in [0.4, 0.5) is 0 Å². The van der Waals surface area contributed by atoms with Crippen molar-refractivity contribution in [3.8, 4) is 55.2 Å². The number of thiophene rings is 1. The van der Waals surface area contributed by atoms with Crippen LogP contribution >= 0.6 is 58.4 Å². The second kappa shape index (κ2) is 16.0. The monoisotopic (exact) mass is 968 g/mol. The fourth-order valence-corrected chi connectivity index (χ4v) is 16.2. The van der Waals surface area contributed by atoms with Gasteiger partial charge in [0.2, 0.25) is 13.4 Å². The quantitative estimate of drug-likeness (QED) is 0.155. The molecular weight excluding hydrogens is 935 g/mol. The third-order valence-corrected chi connectivity index (χ3v) is 19.5. The third kappa shape index (κ3) is 6.66. The number of rotatable bonds is 6. The first kappa shape index (κ1) is 40.3. The van der Waals surface area contributed by atoms with E-state index in [1.165, 1.54) is 105 Å². The molecule has 0 amide bonds. The van der Waals surface area contributed by atoms with E-state index in [-0.39, 0.29) is 13.4 Å². The molecule has 0 spiro atoms. The lowest BCUT2D eigenvalue weighted by atomic mass is 9.36. The zero-order valence-electron chi connectivity index (χ0n) is 36.6. The zero-order chi connectivity index (χ0) is 45.2. The van der Waals surface area contributed by atoms with E-state index in [4.69, 9.17) is 10.2 Å². The highest BCUT2D eigenvalue weighted by atomic mass is 32.2. The van der Waals surface area contributed by atoms with Crippen LogP contribution in [0.5, 0.6) is 0 Å². The molecule has 4 aliphatic rings. The standard InChI is InChI=1S/C58H34B2N4S5/c1-3-9-35(10-4-1)40-30-61-63(32-40)42-19-23-50-46(28-42)59-44-25-37(17-21-48(44)66-52-13-7-15-54(68-50)57(52)59)39-27-56(65-34-39)38-18-22-49-45(26-38)60-47-29-43(64-33-41(31-62-64)36-11-5-2-6-12-36)20-24-51(47)69-55-16-8-14-53(67-49)58(55)60/h1-34H. The number of hydrogen-bond acceptors (Lipinski definition) is 7. The van der Waals surface area contributed by atoms with Crippen molar-refractivity contribution in [1.82, 2.24) is 19.6 Å². The van der Waals surface area contributed by atoms with Gasteiger partial charge in [0.05, 0.1) is 23.8 Å². The Kier molecular flexibility index (Phi) is 9.34. The second-order valence-electron chi connectivity index (χ2n) is 17.8. The minimum Gasteiger partial charge on any atom is -0.240 e. The molecule has 0 atom stereocenters. The molecule has 0 unspecified atom stereocenters. The van der Waals surface area contributed by atoms with E-state index in [1.54, 1.807) is 0 Å². The van der Waals surface area contributed by atoms with Crippen molar-refractivity contribution in [2.75, 3.05) is 0 Å². The van der Waals surface area contributed by atoms with Gasteiger partial charge in [0.25, 0.3) is 0 Å². The number of benzene rings is 8. The van der Waals surface area contributed by atoms with E-state index in [0.29, 0.717) is 0 Å². The summed E-state index contributed by atoms with van der Waals surface area (Å²) in [5.41, 5.74) is 18.7. The fourth-order valence-electron chi connectivity index (χ4n) is 10.6. The Bertz CT molecular complexity index is 3620. The highest BCUT2D eigenvalue weighted by molar-refractivity contribution is 8.02. The first-order valence-electron chi connectivity index (χ1n) is 23.0. The highest BCUT2D eigenvalue weighted by Crippen LogP contribution is 2.43. The second-order valence-corrected chi connectivity index (χ2v) is 23.1. The van der Waals surface area contributed by atoms with E-state index in [1.807, 2.05) is 80.1 Å². The van der Waals surface area contributed by atoms with Crippen LogP contribution in [0.25, 0.3) is 55.2 Å². The molecule has 322 valence electrons. The molecular formula is C58H34B2N4S5. The molecule has 3 aromatic heterocycles. The molecule has 4 aliphatic heterocycles. The van der Waals surface area contributed by atoms with Crippen molar-refractivity contribution in [1.29, 1.82) is 0 Å². The average molecular weight is 969 g/mol. The maximum Gasteiger partial charge on any atom is 0.247 e. The minimum atomic E-state index is 0.119. The maximum absolute atomic E-state index is 4.85. The summed E-state index contributed by atoms with van der Waals surface area (Å²) in [5, 5.41) is 12.1. The molecule has 0 aliphatic carbocycles. The van der Waals surface area contributed by atoms with Gasteiger partial charge >= 0.3 is 0 Å². The van der Waals surface area contributed by atoms with Crippen molar-refractivity contribution in [3.05, 3.63) is 206 Å². The molecule has 8 aromatic carbocycles. The molecule has 69 heavy (non-hydrogen) atoms. The SMILES string of the molecule is c1ccc(-c2cnn(-c3ccc4c(c3)B3c5cc(-c6csc(-c7ccc8c(c7)B7c9cc(-n%10cc(-c%11ccccc%11)cn%10)ccc9Sc9cccc(c97)S8)c6)ccc5Sc5cccc(c53)S4)c2)cc1. The Labute approximate surface area is 421 Å². The normalized spacial score (nSPS) is 13.5. The van der Waals surface area contributed by atoms with Crippen molar-refractivity contribution < 1.29 is 0 Å². The van der Waals surface area contributed by atoms with Crippen LogP contribution in [-0.2, 0) is 0 Å². The number of fused-ring (bicyclic) bond motifs is 8. The molecule has 0 saturated heterocycles. The van der Waals surface area contributed by atoms with Gasteiger partial charge in [-0.3, -0.25) is 0 Å². The van der Waals surface area contributed by atoms with Crippen molar-refractivity contribution in [2.24, 2.45) is 0 Å². The van der Waals surface area contributed by atoms with Crippen LogP contribution in [-0.4, -0.2) is 33.0 Å². The summed E-state index contributed by atoms with van der Waals surface area (Å²) in [6.07, 6.45) is 8.23. The van der Waals surface area contributed by atoms with Crippen molar-refractivity contribution in [3.63, 3.8) is 0 Å². The average Bonchev–Trinajstić information content (AvgIpc) is 4.22. The zero-order valence-corrected chi connectivity index (χ0v) is 40.7. The lowest BCUT2D eigenvalue weighted by Gasteiger charge is -2.33. The van der Waals surface area contributed by atoms with Gasteiger partial charge in [0.15, 0.2) is 0 Å². The van der Waals surface area contributed by atoms with Gasteiger partial charge in [-0.25, -0.2) is 9.36 Å². The molecule has 11 aromatic rings. The van der Waals surface area contributed by atoms with E-state index >= 15 is 0 Å².